The molecule has 0 saturated heterocycles. The van der Waals surface area contributed by atoms with Gasteiger partial charge in [-0.25, -0.2) is 0 Å². The number of aryl methyl sites for hydroxylation is 1. The van der Waals surface area contributed by atoms with Crippen molar-refractivity contribution in [1.29, 1.82) is 0 Å². The van der Waals surface area contributed by atoms with Crippen LogP contribution in [0.1, 0.15) is 29.3 Å². The second-order valence-corrected chi connectivity index (χ2v) is 6.94. The number of carbonyl (C=O) groups is 1. The number of hydrogen-bond acceptors (Lipinski definition) is 2. The smallest absolute Gasteiger partial charge is 0.249 e. The highest BCUT2D eigenvalue weighted by Gasteiger charge is 2.22. The van der Waals surface area contributed by atoms with E-state index in [-0.39, 0.29) is 15.6 Å². The number of benzene rings is 2. The zero-order valence-corrected chi connectivity index (χ0v) is 13.9. The minimum atomic E-state index is -2.23. The standard InChI is InChI=1S/C16H14Cl2O2P/c1-2-4-11-7-9-12(10-8-11)21(20)16(19)15-13(17)5-3-6-14(15)18/h3,5-10H,2,4H2,1H3. The molecule has 0 spiro atoms. The summed E-state index contributed by atoms with van der Waals surface area (Å²) in [6.07, 6.45) is 2.00. The fraction of sp³-hybridized carbons (Fsp3) is 0.188. The SMILES string of the molecule is CCCc1ccc([P](=O)C(=O)c2c(Cl)cccc2Cl)cc1. The van der Waals surface area contributed by atoms with Crippen LogP contribution < -0.4 is 5.30 Å². The third-order valence-corrected chi connectivity index (χ3v) is 5.06. The Kier molecular flexibility index (Phi) is 5.52. The lowest BCUT2D eigenvalue weighted by Gasteiger charge is -2.06. The Morgan fingerprint density at radius 3 is 2.14 bits per heavy atom. The van der Waals surface area contributed by atoms with Crippen LogP contribution in [0.4, 0.5) is 0 Å². The molecule has 0 aromatic heterocycles. The lowest BCUT2D eigenvalue weighted by atomic mass is 10.1. The lowest BCUT2D eigenvalue weighted by Crippen LogP contribution is -2.05. The van der Waals surface area contributed by atoms with Crippen LogP contribution in [-0.4, -0.2) is 5.52 Å². The van der Waals surface area contributed by atoms with Crippen molar-refractivity contribution in [3.63, 3.8) is 0 Å². The molecule has 0 aliphatic rings. The van der Waals surface area contributed by atoms with Crippen LogP contribution in [0.3, 0.4) is 0 Å². The topological polar surface area (TPSA) is 34.1 Å². The van der Waals surface area contributed by atoms with E-state index in [0.29, 0.717) is 5.30 Å². The summed E-state index contributed by atoms with van der Waals surface area (Å²) in [4.78, 5) is 12.3. The number of carbonyl (C=O) groups excluding carboxylic acids is 1. The summed E-state index contributed by atoms with van der Waals surface area (Å²) in [5.74, 6) is 0. The normalized spacial score (nSPS) is 11.3. The average Bonchev–Trinajstić information content (AvgIpc) is 2.47. The molecule has 21 heavy (non-hydrogen) atoms. The van der Waals surface area contributed by atoms with Gasteiger partial charge in [-0.2, -0.15) is 0 Å². The molecule has 0 amide bonds. The van der Waals surface area contributed by atoms with E-state index in [0.717, 1.165) is 18.4 Å². The van der Waals surface area contributed by atoms with Crippen LogP contribution in [0.5, 0.6) is 0 Å². The van der Waals surface area contributed by atoms with Crippen molar-refractivity contribution in [3.8, 4) is 0 Å². The summed E-state index contributed by atoms with van der Waals surface area (Å²) in [7, 11) is -2.23. The van der Waals surface area contributed by atoms with Crippen molar-refractivity contribution in [2.45, 2.75) is 19.8 Å². The molecule has 2 nitrogen and oxygen atoms in total. The van der Waals surface area contributed by atoms with E-state index >= 15 is 0 Å². The van der Waals surface area contributed by atoms with Crippen molar-refractivity contribution >= 4 is 41.8 Å². The lowest BCUT2D eigenvalue weighted by molar-refractivity contribution is 0.108. The molecule has 0 N–H and O–H groups in total. The molecule has 2 aromatic rings. The predicted molar refractivity (Wildman–Crippen MR) is 88.5 cm³/mol. The fourth-order valence-corrected chi connectivity index (χ4v) is 3.81. The minimum absolute atomic E-state index is 0.125. The predicted octanol–water partition coefficient (Wildman–Crippen LogP) is 5.24. The maximum Gasteiger partial charge on any atom is 0.249 e. The van der Waals surface area contributed by atoms with Crippen molar-refractivity contribution in [1.82, 2.24) is 0 Å². The van der Waals surface area contributed by atoms with Crippen molar-refractivity contribution in [2.24, 2.45) is 0 Å². The third-order valence-electron chi connectivity index (χ3n) is 3.07. The molecule has 2 aromatic carbocycles. The van der Waals surface area contributed by atoms with Gasteiger partial charge in [0.1, 0.15) is 0 Å². The Balaban J connectivity index is 2.29. The number of rotatable bonds is 5. The highest BCUT2D eigenvalue weighted by Crippen LogP contribution is 2.34. The molecule has 0 aliphatic heterocycles. The van der Waals surface area contributed by atoms with Gasteiger partial charge in [-0.15, -0.1) is 0 Å². The van der Waals surface area contributed by atoms with Gasteiger partial charge in [0.25, 0.3) is 0 Å². The first-order valence-corrected chi connectivity index (χ1v) is 8.60. The van der Waals surface area contributed by atoms with E-state index in [1.165, 1.54) is 0 Å². The van der Waals surface area contributed by atoms with Crippen LogP contribution in [0.25, 0.3) is 0 Å². The number of halogens is 2. The molecule has 0 saturated carbocycles. The van der Waals surface area contributed by atoms with Gasteiger partial charge in [0, 0.05) is 5.30 Å². The summed E-state index contributed by atoms with van der Waals surface area (Å²) in [6, 6.07) is 12.0. The van der Waals surface area contributed by atoms with Crippen LogP contribution >= 0.6 is 31.0 Å². The van der Waals surface area contributed by atoms with Crippen molar-refractivity contribution in [2.75, 3.05) is 0 Å². The highest BCUT2D eigenvalue weighted by molar-refractivity contribution is 7.71. The monoisotopic (exact) mass is 339 g/mol. The zero-order chi connectivity index (χ0) is 15.4. The van der Waals surface area contributed by atoms with Gasteiger partial charge in [-0.05, 0) is 36.2 Å². The van der Waals surface area contributed by atoms with Gasteiger partial charge >= 0.3 is 0 Å². The molecule has 5 heteroatoms. The van der Waals surface area contributed by atoms with E-state index in [2.05, 4.69) is 6.92 Å². The van der Waals surface area contributed by atoms with E-state index in [1.54, 1.807) is 30.3 Å². The van der Waals surface area contributed by atoms with Gasteiger partial charge in [-0.1, -0.05) is 54.7 Å². The molecule has 0 aliphatic carbocycles. The van der Waals surface area contributed by atoms with Gasteiger partial charge in [-0.3, -0.25) is 9.36 Å². The fourth-order valence-electron chi connectivity index (χ4n) is 2.01. The van der Waals surface area contributed by atoms with E-state index in [1.807, 2.05) is 12.1 Å². The minimum Gasteiger partial charge on any atom is -0.281 e. The largest absolute Gasteiger partial charge is 0.281 e. The van der Waals surface area contributed by atoms with Crippen LogP contribution in [-0.2, 0) is 11.0 Å². The summed E-state index contributed by atoms with van der Waals surface area (Å²) < 4.78 is 12.4. The molecule has 1 atom stereocenters. The Morgan fingerprint density at radius 2 is 1.62 bits per heavy atom. The van der Waals surface area contributed by atoms with Gasteiger partial charge in [0.05, 0.1) is 15.6 Å². The summed E-state index contributed by atoms with van der Waals surface area (Å²) in [5.41, 5.74) is 0.747. The van der Waals surface area contributed by atoms with Crippen LogP contribution in [0.2, 0.25) is 10.0 Å². The first kappa shape index (κ1) is 16.2. The second kappa shape index (κ2) is 7.17. The van der Waals surface area contributed by atoms with Crippen molar-refractivity contribution < 1.29 is 9.36 Å². The molecule has 0 fully saturated rings. The van der Waals surface area contributed by atoms with E-state index in [4.69, 9.17) is 23.2 Å². The van der Waals surface area contributed by atoms with Gasteiger partial charge in [0.15, 0.2) is 7.80 Å². The summed E-state index contributed by atoms with van der Waals surface area (Å²) in [6.45, 7) is 2.09. The third kappa shape index (κ3) is 3.71. The first-order chi connectivity index (χ1) is 10.0. The van der Waals surface area contributed by atoms with E-state index < -0.39 is 13.3 Å². The Bertz CT molecular complexity index is 661. The van der Waals surface area contributed by atoms with Crippen LogP contribution in [0, 0.1) is 0 Å². The number of hydrogen-bond donors (Lipinski definition) is 0. The zero-order valence-electron chi connectivity index (χ0n) is 11.5. The van der Waals surface area contributed by atoms with E-state index in [9.17, 15) is 9.36 Å². The molecule has 0 bridgehead atoms. The quantitative estimate of drug-likeness (QED) is 0.698. The first-order valence-electron chi connectivity index (χ1n) is 6.59. The van der Waals surface area contributed by atoms with Gasteiger partial charge < -0.3 is 0 Å². The highest BCUT2D eigenvalue weighted by atomic mass is 35.5. The Hall–Kier alpha value is -1.21. The summed E-state index contributed by atoms with van der Waals surface area (Å²) >= 11 is 12.0. The molecule has 0 heterocycles. The van der Waals surface area contributed by atoms with Crippen LogP contribution in [0.15, 0.2) is 42.5 Å². The molecule has 109 valence electrons. The molecule has 1 unspecified atom stereocenters. The van der Waals surface area contributed by atoms with Gasteiger partial charge in [0.2, 0.25) is 5.52 Å². The maximum absolute atomic E-state index is 12.4. The molecular weight excluding hydrogens is 326 g/mol. The summed E-state index contributed by atoms with van der Waals surface area (Å²) in [5, 5.41) is 0.933. The average molecular weight is 340 g/mol. The molecular formula is C16H14Cl2O2P. The van der Waals surface area contributed by atoms with Crippen molar-refractivity contribution in [3.05, 3.63) is 63.6 Å². The second-order valence-electron chi connectivity index (χ2n) is 4.61. The maximum atomic E-state index is 12.4. The Morgan fingerprint density at radius 1 is 1.05 bits per heavy atom. The Labute approximate surface area is 134 Å². The molecule has 1 radical (unpaired) electrons. The molecule has 2 rings (SSSR count).